The molecule has 1 N–H and O–H groups in total. The maximum absolute atomic E-state index is 13.7. The number of rotatable bonds is 5. The first-order valence-electron chi connectivity index (χ1n) is 8.38. The summed E-state index contributed by atoms with van der Waals surface area (Å²) in [6, 6.07) is 3.19. The number of aromatic nitrogens is 1. The molecule has 0 bridgehead atoms. The van der Waals surface area contributed by atoms with E-state index in [-0.39, 0.29) is 30.0 Å². The molecule has 1 aliphatic rings. The average molecular weight is 350 g/mol. The van der Waals surface area contributed by atoms with Gasteiger partial charge in [0.25, 0.3) is 5.91 Å². The quantitative estimate of drug-likeness (QED) is 0.888. The number of benzene rings is 1. The van der Waals surface area contributed by atoms with E-state index in [9.17, 15) is 13.6 Å². The number of ether oxygens (including phenoxy) is 1. The molecule has 0 radical (unpaired) electrons. The van der Waals surface area contributed by atoms with Gasteiger partial charge in [0.05, 0.1) is 5.56 Å². The first kappa shape index (κ1) is 17.4. The van der Waals surface area contributed by atoms with Gasteiger partial charge in [-0.3, -0.25) is 4.79 Å². The lowest BCUT2D eigenvalue weighted by molar-refractivity contribution is 0.0916. The van der Waals surface area contributed by atoms with Crippen LogP contribution in [0.2, 0.25) is 0 Å². The molecule has 3 rings (SSSR count). The number of halogens is 2. The molecule has 1 aromatic carbocycles. The minimum atomic E-state index is -0.803. The van der Waals surface area contributed by atoms with Crippen LogP contribution < -0.4 is 10.1 Å². The van der Waals surface area contributed by atoms with Crippen LogP contribution in [-0.2, 0) is 6.61 Å². The largest absolute Gasteiger partial charge is 0.486 e. The summed E-state index contributed by atoms with van der Waals surface area (Å²) >= 11 is 0. The number of hydrogen-bond donors (Lipinski definition) is 1. The van der Waals surface area contributed by atoms with Gasteiger partial charge < -0.3 is 14.6 Å². The minimum absolute atomic E-state index is 0.0920. The SMILES string of the molecule is Cc1onc(C(=O)NC2CCCCC2)c1COc1ccc(F)cc1F. The molecule has 7 heteroatoms. The lowest BCUT2D eigenvalue weighted by atomic mass is 9.95. The number of aryl methyl sites for hydroxylation is 1. The van der Waals surface area contributed by atoms with Gasteiger partial charge in [-0.2, -0.15) is 0 Å². The van der Waals surface area contributed by atoms with Gasteiger partial charge in [0, 0.05) is 12.1 Å². The van der Waals surface area contributed by atoms with Gasteiger partial charge >= 0.3 is 0 Å². The molecule has 1 aliphatic carbocycles. The second-order valence-electron chi connectivity index (χ2n) is 6.24. The summed E-state index contributed by atoms with van der Waals surface area (Å²) in [4.78, 5) is 12.5. The standard InChI is InChI=1S/C18H20F2N2O3/c1-11-14(10-24-16-8-7-12(19)9-15(16)20)17(22-25-11)18(23)21-13-5-3-2-4-6-13/h7-9,13H,2-6,10H2,1H3,(H,21,23). The van der Waals surface area contributed by atoms with Crippen molar-refractivity contribution in [3.8, 4) is 5.75 Å². The summed E-state index contributed by atoms with van der Waals surface area (Å²) in [6.45, 7) is 1.56. The highest BCUT2D eigenvalue weighted by Gasteiger charge is 2.24. The zero-order valence-corrected chi connectivity index (χ0v) is 14.0. The molecule has 5 nitrogen and oxygen atoms in total. The lowest BCUT2D eigenvalue weighted by Crippen LogP contribution is -2.36. The van der Waals surface area contributed by atoms with Crippen molar-refractivity contribution >= 4 is 5.91 Å². The molecule has 25 heavy (non-hydrogen) atoms. The third-order valence-electron chi connectivity index (χ3n) is 4.41. The fourth-order valence-electron chi connectivity index (χ4n) is 2.98. The number of carbonyl (C=O) groups excluding carboxylic acids is 1. The van der Waals surface area contributed by atoms with Crippen molar-refractivity contribution in [1.82, 2.24) is 10.5 Å². The van der Waals surface area contributed by atoms with Crippen LogP contribution in [0.4, 0.5) is 8.78 Å². The van der Waals surface area contributed by atoms with Gasteiger partial charge in [0.15, 0.2) is 17.3 Å². The van der Waals surface area contributed by atoms with Crippen LogP contribution in [0, 0.1) is 18.6 Å². The molecule has 1 heterocycles. The maximum atomic E-state index is 13.7. The van der Waals surface area contributed by atoms with Gasteiger partial charge in [-0.25, -0.2) is 8.78 Å². The second-order valence-corrected chi connectivity index (χ2v) is 6.24. The lowest BCUT2D eigenvalue weighted by Gasteiger charge is -2.22. The number of nitrogens with zero attached hydrogens (tertiary/aromatic N) is 1. The maximum Gasteiger partial charge on any atom is 0.274 e. The Morgan fingerprint density at radius 3 is 2.80 bits per heavy atom. The van der Waals surface area contributed by atoms with E-state index < -0.39 is 11.6 Å². The van der Waals surface area contributed by atoms with E-state index in [1.807, 2.05) is 0 Å². The zero-order valence-electron chi connectivity index (χ0n) is 14.0. The predicted molar refractivity (Wildman–Crippen MR) is 86.3 cm³/mol. The summed E-state index contributed by atoms with van der Waals surface area (Å²) in [6.07, 6.45) is 5.30. The highest BCUT2D eigenvalue weighted by molar-refractivity contribution is 5.94. The molecule has 134 valence electrons. The van der Waals surface area contributed by atoms with Crippen LogP contribution in [0.3, 0.4) is 0 Å². The molecule has 0 unspecified atom stereocenters. The van der Waals surface area contributed by atoms with Crippen LogP contribution >= 0.6 is 0 Å². The van der Waals surface area contributed by atoms with E-state index in [0.29, 0.717) is 11.3 Å². The summed E-state index contributed by atoms with van der Waals surface area (Å²) in [5.41, 5.74) is 0.600. The van der Waals surface area contributed by atoms with E-state index in [4.69, 9.17) is 9.26 Å². The Morgan fingerprint density at radius 1 is 1.32 bits per heavy atom. The van der Waals surface area contributed by atoms with Crippen molar-refractivity contribution in [1.29, 1.82) is 0 Å². The van der Waals surface area contributed by atoms with Gasteiger partial charge in [-0.05, 0) is 31.9 Å². The Bertz CT molecular complexity index is 755. The molecule has 1 fully saturated rings. The van der Waals surface area contributed by atoms with Crippen LogP contribution in [0.15, 0.2) is 22.7 Å². The third kappa shape index (κ3) is 4.15. The summed E-state index contributed by atoms with van der Waals surface area (Å²) < 4.78 is 37.1. The smallest absolute Gasteiger partial charge is 0.274 e. The van der Waals surface area contributed by atoms with Crippen LogP contribution in [0.1, 0.15) is 53.9 Å². The van der Waals surface area contributed by atoms with Gasteiger partial charge in [0.1, 0.15) is 18.2 Å². The van der Waals surface area contributed by atoms with Crippen LogP contribution in [0.25, 0.3) is 0 Å². The zero-order chi connectivity index (χ0) is 17.8. The highest BCUT2D eigenvalue weighted by Crippen LogP contribution is 2.22. The molecule has 0 aliphatic heterocycles. The predicted octanol–water partition coefficient (Wildman–Crippen LogP) is 3.90. The number of carbonyl (C=O) groups is 1. The Kier molecular flexibility index (Phi) is 5.31. The monoisotopic (exact) mass is 350 g/mol. The topological polar surface area (TPSA) is 64.4 Å². The second kappa shape index (κ2) is 7.63. The number of amides is 1. The van der Waals surface area contributed by atoms with Crippen molar-refractivity contribution in [3.63, 3.8) is 0 Å². The highest BCUT2D eigenvalue weighted by atomic mass is 19.1. The molecule has 0 atom stereocenters. The van der Waals surface area contributed by atoms with Crippen molar-refractivity contribution < 1.29 is 22.8 Å². The molecule has 0 spiro atoms. The first-order valence-corrected chi connectivity index (χ1v) is 8.38. The fraction of sp³-hybridized carbons (Fsp3) is 0.444. The van der Waals surface area contributed by atoms with Crippen molar-refractivity contribution in [3.05, 3.63) is 46.9 Å². The molecule has 1 amide bonds. The molecule has 2 aromatic rings. The number of hydrogen-bond acceptors (Lipinski definition) is 4. The number of nitrogens with one attached hydrogen (secondary N) is 1. The van der Waals surface area contributed by atoms with Gasteiger partial charge in [-0.15, -0.1) is 0 Å². The Labute approximate surface area is 144 Å². The average Bonchev–Trinajstić information content (AvgIpc) is 2.96. The summed E-state index contributed by atoms with van der Waals surface area (Å²) in [5.74, 6) is -1.47. The third-order valence-corrected chi connectivity index (χ3v) is 4.41. The van der Waals surface area contributed by atoms with E-state index in [2.05, 4.69) is 10.5 Å². The van der Waals surface area contributed by atoms with Gasteiger partial charge in [0.2, 0.25) is 0 Å². The normalized spacial score (nSPS) is 15.2. The van der Waals surface area contributed by atoms with E-state index in [1.54, 1.807) is 6.92 Å². The fourth-order valence-corrected chi connectivity index (χ4v) is 2.98. The Balaban J connectivity index is 1.69. The van der Waals surface area contributed by atoms with E-state index >= 15 is 0 Å². The van der Waals surface area contributed by atoms with Crippen molar-refractivity contribution in [2.24, 2.45) is 0 Å². The summed E-state index contributed by atoms with van der Waals surface area (Å²) in [7, 11) is 0. The minimum Gasteiger partial charge on any atom is -0.486 e. The molecular formula is C18H20F2N2O3. The molecular weight excluding hydrogens is 330 g/mol. The van der Waals surface area contributed by atoms with E-state index in [1.165, 1.54) is 12.5 Å². The molecule has 0 saturated heterocycles. The van der Waals surface area contributed by atoms with Crippen LogP contribution in [0.5, 0.6) is 5.75 Å². The van der Waals surface area contributed by atoms with Crippen molar-refractivity contribution in [2.45, 2.75) is 51.7 Å². The van der Waals surface area contributed by atoms with Gasteiger partial charge in [-0.1, -0.05) is 24.4 Å². The Morgan fingerprint density at radius 2 is 2.08 bits per heavy atom. The molecule has 1 saturated carbocycles. The van der Waals surface area contributed by atoms with Crippen LogP contribution in [-0.4, -0.2) is 17.1 Å². The van der Waals surface area contributed by atoms with Crippen molar-refractivity contribution in [2.75, 3.05) is 0 Å². The Hall–Kier alpha value is -2.44. The summed E-state index contributed by atoms with van der Waals surface area (Å²) in [5, 5.41) is 6.77. The molecule has 1 aromatic heterocycles. The van der Waals surface area contributed by atoms with E-state index in [0.717, 1.165) is 37.8 Å². The first-order chi connectivity index (χ1) is 12.0.